The molecule has 3 aromatic heterocycles. The summed E-state index contributed by atoms with van der Waals surface area (Å²) < 4.78 is 12.2. The van der Waals surface area contributed by atoms with Gasteiger partial charge in [-0.2, -0.15) is 5.10 Å². The molecule has 27 heavy (non-hydrogen) atoms. The van der Waals surface area contributed by atoms with Crippen molar-refractivity contribution in [3.63, 3.8) is 0 Å². The highest BCUT2D eigenvalue weighted by Gasteiger charge is 2.22. The zero-order chi connectivity index (χ0) is 19.6. The summed E-state index contributed by atoms with van der Waals surface area (Å²) in [5.74, 6) is 0.782. The van der Waals surface area contributed by atoms with Gasteiger partial charge in [0.15, 0.2) is 10.6 Å². The van der Waals surface area contributed by atoms with E-state index in [9.17, 15) is 9.59 Å². The molecule has 1 atom stereocenters. The minimum absolute atomic E-state index is 0.139. The molecule has 10 heteroatoms. The molecule has 0 fully saturated rings. The summed E-state index contributed by atoms with van der Waals surface area (Å²) in [6, 6.07) is 4.80. The van der Waals surface area contributed by atoms with Crippen LogP contribution in [0, 0.1) is 11.7 Å². The molecule has 1 unspecified atom stereocenters. The molecule has 3 aromatic rings. The van der Waals surface area contributed by atoms with Gasteiger partial charge in [-0.05, 0) is 43.6 Å². The van der Waals surface area contributed by atoms with E-state index in [0.717, 1.165) is 4.88 Å². The van der Waals surface area contributed by atoms with Crippen LogP contribution < -0.4 is 5.32 Å². The third kappa shape index (κ3) is 3.86. The Morgan fingerprint density at radius 3 is 2.96 bits per heavy atom. The number of thiophene rings is 1. The van der Waals surface area contributed by atoms with E-state index in [0.29, 0.717) is 27.7 Å². The first-order chi connectivity index (χ1) is 12.9. The first-order valence-corrected chi connectivity index (χ1v) is 9.37. The standard InChI is InChI=1S/C17H18N4O4S2/c1-9(21-14(19-20-17(21)26)13-5-4-6-27-13)15(22)18-8-11-7-12(10(2)25-11)16(23)24-3/h4-7,9H,8H2,1-3H3,(H,18,22)(H,20,26). The quantitative estimate of drug-likeness (QED) is 0.481. The van der Waals surface area contributed by atoms with Crippen molar-refractivity contribution in [3.05, 3.63) is 45.4 Å². The van der Waals surface area contributed by atoms with Crippen LogP contribution in [0.5, 0.6) is 0 Å². The SMILES string of the molecule is COC(=O)c1cc(CNC(=O)C(C)n2c(-c3cccs3)n[nH]c2=S)oc1C. The Bertz CT molecular complexity index is 1020. The summed E-state index contributed by atoms with van der Waals surface area (Å²) in [5, 5.41) is 11.7. The van der Waals surface area contributed by atoms with Gasteiger partial charge in [0.25, 0.3) is 0 Å². The van der Waals surface area contributed by atoms with Gasteiger partial charge < -0.3 is 14.5 Å². The van der Waals surface area contributed by atoms with Crippen molar-refractivity contribution in [3.8, 4) is 10.7 Å². The van der Waals surface area contributed by atoms with Crippen molar-refractivity contribution < 1.29 is 18.7 Å². The lowest BCUT2D eigenvalue weighted by atomic mass is 10.2. The summed E-state index contributed by atoms with van der Waals surface area (Å²) in [6.07, 6.45) is 0. The van der Waals surface area contributed by atoms with Gasteiger partial charge in [0.05, 0.1) is 18.5 Å². The smallest absolute Gasteiger partial charge is 0.341 e. The van der Waals surface area contributed by atoms with Crippen molar-refractivity contribution in [1.82, 2.24) is 20.1 Å². The number of aromatic nitrogens is 3. The van der Waals surface area contributed by atoms with E-state index in [1.54, 1.807) is 24.5 Å². The number of nitrogens with zero attached hydrogens (tertiary/aromatic N) is 2. The van der Waals surface area contributed by atoms with E-state index in [1.165, 1.54) is 18.4 Å². The minimum Gasteiger partial charge on any atom is -0.465 e. The van der Waals surface area contributed by atoms with Crippen LogP contribution in [0.25, 0.3) is 10.7 Å². The topological polar surface area (TPSA) is 102 Å². The second-order valence-corrected chi connectivity index (χ2v) is 7.10. The van der Waals surface area contributed by atoms with E-state index in [-0.39, 0.29) is 12.5 Å². The van der Waals surface area contributed by atoms with Crippen LogP contribution in [0.2, 0.25) is 0 Å². The van der Waals surface area contributed by atoms with Crippen LogP contribution in [0.1, 0.15) is 34.8 Å². The molecule has 0 bridgehead atoms. The normalized spacial score (nSPS) is 12.0. The molecule has 2 N–H and O–H groups in total. The number of methoxy groups -OCH3 is 1. The van der Waals surface area contributed by atoms with Crippen LogP contribution >= 0.6 is 23.6 Å². The maximum atomic E-state index is 12.6. The molecule has 1 amide bonds. The van der Waals surface area contributed by atoms with Gasteiger partial charge >= 0.3 is 5.97 Å². The number of aromatic amines is 1. The molecular weight excluding hydrogens is 388 g/mol. The van der Waals surface area contributed by atoms with Crippen molar-refractivity contribution in [2.24, 2.45) is 0 Å². The first-order valence-electron chi connectivity index (χ1n) is 8.08. The molecule has 0 spiro atoms. The Morgan fingerprint density at radius 1 is 1.52 bits per heavy atom. The largest absolute Gasteiger partial charge is 0.465 e. The van der Waals surface area contributed by atoms with Crippen molar-refractivity contribution in [2.45, 2.75) is 26.4 Å². The number of esters is 1. The van der Waals surface area contributed by atoms with Crippen LogP contribution in [0.15, 0.2) is 28.0 Å². The predicted octanol–water partition coefficient (Wildman–Crippen LogP) is 3.23. The number of hydrogen-bond acceptors (Lipinski definition) is 7. The second kappa shape index (κ2) is 7.89. The van der Waals surface area contributed by atoms with E-state index >= 15 is 0 Å². The number of ether oxygens (including phenoxy) is 1. The van der Waals surface area contributed by atoms with E-state index in [2.05, 4.69) is 15.5 Å². The van der Waals surface area contributed by atoms with Crippen LogP contribution in [-0.2, 0) is 16.1 Å². The van der Waals surface area contributed by atoms with Crippen molar-refractivity contribution in [1.29, 1.82) is 0 Å². The highest BCUT2D eigenvalue weighted by Crippen LogP contribution is 2.25. The number of furan rings is 1. The van der Waals surface area contributed by atoms with Gasteiger partial charge in [0.1, 0.15) is 23.1 Å². The Morgan fingerprint density at radius 2 is 2.30 bits per heavy atom. The fraction of sp³-hybridized carbons (Fsp3) is 0.294. The van der Waals surface area contributed by atoms with Gasteiger partial charge in [-0.15, -0.1) is 11.3 Å². The number of carbonyl (C=O) groups excluding carboxylic acids is 2. The van der Waals surface area contributed by atoms with Crippen LogP contribution in [-0.4, -0.2) is 33.8 Å². The Hall–Kier alpha value is -2.72. The molecule has 3 rings (SSSR count). The Kier molecular flexibility index (Phi) is 5.57. The summed E-state index contributed by atoms with van der Waals surface area (Å²) in [6.45, 7) is 3.55. The summed E-state index contributed by atoms with van der Waals surface area (Å²) in [5.41, 5.74) is 0.340. The number of carbonyl (C=O) groups is 2. The summed E-state index contributed by atoms with van der Waals surface area (Å²) in [7, 11) is 1.30. The highest BCUT2D eigenvalue weighted by molar-refractivity contribution is 7.71. The van der Waals surface area contributed by atoms with Gasteiger partial charge in [0.2, 0.25) is 5.91 Å². The number of hydrogen-bond donors (Lipinski definition) is 2. The monoisotopic (exact) mass is 406 g/mol. The van der Waals surface area contributed by atoms with Crippen molar-refractivity contribution >= 4 is 35.4 Å². The fourth-order valence-corrected chi connectivity index (χ4v) is 3.63. The maximum absolute atomic E-state index is 12.6. The third-order valence-electron chi connectivity index (χ3n) is 4.02. The Balaban J connectivity index is 1.73. The molecule has 0 saturated heterocycles. The average molecular weight is 406 g/mol. The highest BCUT2D eigenvalue weighted by atomic mass is 32.1. The molecule has 8 nitrogen and oxygen atoms in total. The molecule has 0 aromatic carbocycles. The summed E-state index contributed by atoms with van der Waals surface area (Å²) >= 11 is 6.79. The average Bonchev–Trinajstić information content (AvgIpc) is 3.38. The fourth-order valence-electron chi connectivity index (χ4n) is 2.63. The number of nitrogens with one attached hydrogen (secondary N) is 2. The lowest BCUT2D eigenvalue weighted by Gasteiger charge is -2.14. The second-order valence-electron chi connectivity index (χ2n) is 5.77. The molecule has 0 aliphatic rings. The maximum Gasteiger partial charge on any atom is 0.341 e. The predicted molar refractivity (Wildman–Crippen MR) is 102 cm³/mol. The van der Waals surface area contributed by atoms with Gasteiger partial charge in [-0.3, -0.25) is 14.5 Å². The molecule has 0 aliphatic carbocycles. The van der Waals surface area contributed by atoms with E-state index in [4.69, 9.17) is 21.4 Å². The molecule has 142 valence electrons. The lowest BCUT2D eigenvalue weighted by molar-refractivity contribution is -0.124. The van der Waals surface area contributed by atoms with E-state index in [1.807, 2.05) is 17.5 Å². The molecule has 0 saturated carbocycles. The molecule has 0 radical (unpaired) electrons. The molecule has 0 aliphatic heterocycles. The van der Waals surface area contributed by atoms with Crippen LogP contribution in [0.4, 0.5) is 0 Å². The number of aryl methyl sites for hydroxylation is 1. The van der Waals surface area contributed by atoms with Gasteiger partial charge in [-0.1, -0.05) is 6.07 Å². The summed E-state index contributed by atoms with van der Waals surface area (Å²) in [4.78, 5) is 25.2. The van der Waals surface area contributed by atoms with Gasteiger partial charge in [-0.25, -0.2) is 4.79 Å². The Labute approximate surface area is 164 Å². The third-order valence-corrected chi connectivity index (χ3v) is 5.18. The van der Waals surface area contributed by atoms with Gasteiger partial charge in [0, 0.05) is 0 Å². The zero-order valence-corrected chi connectivity index (χ0v) is 16.6. The van der Waals surface area contributed by atoms with Crippen molar-refractivity contribution in [2.75, 3.05) is 7.11 Å². The zero-order valence-electron chi connectivity index (χ0n) is 14.9. The number of H-pyrrole nitrogens is 1. The van der Waals surface area contributed by atoms with Crippen LogP contribution in [0.3, 0.4) is 0 Å². The molecular formula is C17H18N4O4S2. The number of amides is 1. The van der Waals surface area contributed by atoms with E-state index < -0.39 is 12.0 Å². The lowest BCUT2D eigenvalue weighted by Crippen LogP contribution is -2.30. The molecule has 3 heterocycles. The number of rotatable bonds is 6. The first kappa shape index (κ1) is 19.1. The minimum atomic E-state index is -0.579.